The van der Waals surface area contributed by atoms with Crippen molar-refractivity contribution in [1.29, 1.82) is 0 Å². The van der Waals surface area contributed by atoms with E-state index >= 15 is 0 Å². The Labute approximate surface area is 137 Å². The van der Waals surface area contributed by atoms with Gasteiger partial charge in [-0.25, -0.2) is 8.42 Å². The lowest BCUT2D eigenvalue weighted by atomic mass is 10.0. The van der Waals surface area contributed by atoms with E-state index in [0.717, 1.165) is 44.1 Å². The molecule has 1 N–H and O–H groups in total. The van der Waals surface area contributed by atoms with Crippen molar-refractivity contribution in [2.24, 2.45) is 0 Å². The highest BCUT2D eigenvalue weighted by Gasteiger charge is 2.31. The minimum atomic E-state index is -3.19. The second kappa shape index (κ2) is 6.51. The molecule has 0 unspecified atom stereocenters. The van der Waals surface area contributed by atoms with Gasteiger partial charge in [-0.3, -0.25) is 4.79 Å². The Morgan fingerprint density at radius 1 is 1.22 bits per heavy atom. The summed E-state index contributed by atoms with van der Waals surface area (Å²) in [5.74, 6) is -0.209. The smallest absolute Gasteiger partial charge is 0.228 e. The number of hydrogen-bond acceptors (Lipinski definition) is 4. The Balaban J connectivity index is 1.70. The molecule has 1 saturated carbocycles. The lowest BCUT2D eigenvalue weighted by molar-refractivity contribution is -0.118. The van der Waals surface area contributed by atoms with Crippen LogP contribution >= 0.6 is 0 Å². The van der Waals surface area contributed by atoms with Crippen molar-refractivity contribution >= 4 is 21.4 Å². The van der Waals surface area contributed by atoms with Gasteiger partial charge in [0, 0.05) is 13.0 Å². The highest BCUT2D eigenvalue weighted by atomic mass is 32.2. The normalized spacial score (nSPS) is 18.9. The number of phenols is 1. The van der Waals surface area contributed by atoms with E-state index in [1.54, 1.807) is 17.0 Å². The van der Waals surface area contributed by atoms with Gasteiger partial charge in [0.1, 0.15) is 5.75 Å². The van der Waals surface area contributed by atoms with Gasteiger partial charge >= 0.3 is 0 Å². The number of aryl methyl sites for hydroxylation is 1. The van der Waals surface area contributed by atoms with Crippen molar-refractivity contribution < 1.29 is 18.3 Å². The molecule has 23 heavy (non-hydrogen) atoms. The molecule has 5 nitrogen and oxygen atoms in total. The Morgan fingerprint density at radius 2 is 1.96 bits per heavy atom. The first-order valence-corrected chi connectivity index (χ1v) is 10.0. The number of amides is 1. The van der Waals surface area contributed by atoms with Gasteiger partial charge in [-0.2, -0.15) is 0 Å². The molecule has 0 aromatic heterocycles. The Hall–Kier alpha value is -1.56. The predicted molar refractivity (Wildman–Crippen MR) is 89.4 cm³/mol. The zero-order chi connectivity index (χ0) is 16.4. The van der Waals surface area contributed by atoms with Gasteiger partial charge in [-0.1, -0.05) is 25.0 Å². The van der Waals surface area contributed by atoms with Gasteiger partial charge in [0.2, 0.25) is 5.91 Å². The summed E-state index contributed by atoms with van der Waals surface area (Å²) in [6.45, 7) is 0.535. The van der Waals surface area contributed by atoms with Crippen molar-refractivity contribution in [1.82, 2.24) is 0 Å². The summed E-state index contributed by atoms with van der Waals surface area (Å²) >= 11 is 0. The van der Waals surface area contributed by atoms with Gasteiger partial charge in [-0.05, 0) is 37.3 Å². The number of aromatic hydroxyl groups is 1. The fourth-order valence-electron chi connectivity index (χ4n) is 3.66. The molecule has 0 atom stereocenters. The fraction of sp³-hybridized carbons (Fsp3) is 0.588. The van der Waals surface area contributed by atoms with Gasteiger partial charge in [0.05, 0.1) is 16.7 Å². The van der Waals surface area contributed by atoms with Crippen LogP contribution in [0.5, 0.6) is 5.75 Å². The van der Waals surface area contributed by atoms with Crippen LogP contribution in [0.4, 0.5) is 5.69 Å². The largest absolute Gasteiger partial charge is 0.506 e. The Bertz CT molecular complexity index is 693. The highest BCUT2D eigenvalue weighted by Crippen LogP contribution is 2.35. The van der Waals surface area contributed by atoms with Crippen LogP contribution in [0.25, 0.3) is 0 Å². The summed E-state index contributed by atoms with van der Waals surface area (Å²) in [4.78, 5) is 14.1. The van der Waals surface area contributed by atoms with E-state index in [2.05, 4.69) is 0 Å². The Kier molecular flexibility index (Phi) is 4.62. The summed E-state index contributed by atoms with van der Waals surface area (Å²) < 4.78 is 24.6. The number of carbonyl (C=O) groups excluding carboxylic acids is 1. The molecule has 6 heteroatoms. The van der Waals surface area contributed by atoms with Gasteiger partial charge in [-0.15, -0.1) is 0 Å². The van der Waals surface area contributed by atoms with Crippen LogP contribution < -0.4 is 4.90 Å². The van der Waals surface area contributed by atoms with E-state index in [1.807, 2.05) is 6.07 Å². The summed E-state index contributed by atoms with van der Waals surface area (Å²) in [7, 11) is -3.19. The number of sulfone groups is 1. The van der Waals surface area contributed by atoms with Crippen LogP contribution in [0, 0.1) is 0 Å². The molecule has 1 aliphatic heterocycles. The van der Waals surface area contributed by atoms with Crippen molar-refractivity contribution in [2.45, 2.75) is 50.2 Å². The number of nitrogens with zero attached hydrogens (tertiary/aromatic N) is 1. The average molecular weight is 337 g/mol. The lowest BCUT2D eigenvalue weighted by Gasteiger charge is -2.30. The number of hydrogen-bond donors (Lipinski definition) is 1. The second-order valence-electron chi connectivity index (χ2n) is 6.46. The topological polar surface area (TPSA) is 74.7 Å². The molecule has 1 aliphatic carbocycles. The number of benzene rings is 1. The Morgan fingerprint density at radius 3 is 2.70 bits per heavy atom. The summed E-state index contributed by atoms with van der Waals surface area (Å²) in [5, 5.41) is 9.80. The molecule has 1 aromatic rings. The second-order valence-corrected chi connectivity index (χ2v) is 8.86. The molecule has 1 heterocycles. The molecule has 0 bridgehead atoms. The van der Waals surface area contributed by atoms with E-state index in [4.69, 9.17) is 0 Å². The minimum Gasteiger partial charge on any atom is -0.506 e. The lowest BCUT2D eigenvalue weighted by Crippen LogP contribution is -2.37. The van der Waals surface area contributed by atoms with Crippen LogP contribution in [0.1, 0.15) is 44.1 Å². The zero-order valence-corrected chi connectivity index (χ0v) is 14.0. The molecule has 0 spiro atoms. The third kappa shape index (κ3) is 3.37. The van der Waals surface area contributed by atoms with Crippen LogP contribution in [0.15, 0.2) is 18.2 Å². The SMILES string of the molecule is O=C(CCS(=O)(=O)C1CCCC1)N1CCCc2cccc(O)c21. The molecule has 1 fully saturated rings. The van der Waals surface area contributed by atoms with Crippen molar-refractivity contribution in [2.75, 3.05) is 17.2 Å². The molecule has 1 amide bonds. The number of fused-ring (bicyclic) bond motifs is 1. The standard InChI is InChI=1S/C17H23NO4S/c19-15-9-3-5-13-6-4-11-18(17(13)15)16(20)10-12-23(21,22)14-7-1-2-8-14/h3,5,9,14,19H,1-2,4,6-8,10-12H2. The highest BCUT2D eigenvalue weighted by molar-refractivity contribution is 7.92. The van der Waals surface area contributed by atoms with Crippen molar-refractivity contribution in [3.05, 3.63) is 23.8 Å². The first-order chi connectivity index (χ1) is 11.0. The van der Waals surface area contributed by atoms with E-state index in [9.17, 15) is 18.3 Å². The number of rotatable bonds is 4. The molecule has 1 aromatic carbocycles. The quantitative estimate of drug-likeness (QED) is 0.915. The van der Waals surface area contributed by atoms with Crippen molar-refractivity contribution in [3.63, 3.8) is 0 Å². The monoisotopic (exact) mass is 337 g/mol. The molecule has 3 rings (SSSR count). The summed E-state index contributed by atoms with van der Waals surface area (Å²) in [6, 6.07) is 5.25. The molecular weight excluding hydrogens is 314 g/mol. The van der Waals surface area contributed by atoms with E-state index in [1.165, 1.54) is 0 Å². The summed E-state index contributed by atoms with van der Waals surface area (Å²) in [6.07, 6.45) is 5.03. The first-order valence-electron chi connectivity index (χ1n) is 8.32. The van der Waals surface area contributed by atoms with E-state index in [0.29, 0.717) is 12.2 Å². The average Bonchev–Trinajstić information content (AvgIpc) is 3.08. The number of carbonyl (C=O) groups is 1. The van der Waals surface area contributed by atoms with Crippen LogP contribution in [0.3, 0.4) is 0 Å². The summed E-state index contributed by atoms with van der Waals surface area (Å²) in [5.41, 5.74) is 1.50. The minimum absolute atomic E-state index is 0.00733. The maximum absolute atomic E-state index is 12.5. The maximum Gasteiger partial charge on any atom is 0.228 e. The molecule has 0 saturated heterocycles. The fourth-order valence-corrected chi connectivity index (χ4v) is 5.50. The van der Waals surface area contributed by atoms with Gasteiger partial charge < -0.3 is 10.0 Å². The molecular formula is C17H23NO4S. The first kappa shape index (κ1) is 16.3. The maximum atomic E-state index is 12.5. The van der Waals surface area contributed by atoms with E-state index < -0.39 is 9.84 Å². The van der Waals surface area contributed by atoms with Gasteiger partial charge in [0.25, 0.3) is 0 Å². The van der Waals surface area contributed by atoms with Crippen molar-refractivity contribution in [3.8, 4) is 5.75 Å². The third-order valence-corrected chi connectivity index (χ3v) is 7.17. The number of anilines is 1. The number of para-hydroxylation sites is 1. The third-order valence-electron chi connectivity index (χ3n) is 4.91. The number of phenolic OH excluding ortho intramolecular Hbond substituents is 1. The van der Waals surface area contributed by atoms with Crippen LogP contribution in [-0.4, -0.2) is 37.0 Å². The van der Waals surface area contributed by atoms with Gasteiger partial charge in [0.15, 0.2) is 9.84 Å². The molecule has 2 aliphatic rings. The van der Waals surface area contributed by atoms with Crippen LogP contribution in [-0.2, 0) is 21.1 Å². The van der Waals surface area contributed by atoms with E-state index in [-0.39, 0.29) is 29.1 Å². The zero-order valence-electron chi connectivity index (χ0n) is 13.2. The van der Waals surface area contributed by atoms with Crippen LogP contribution in [0.2, 0.25) is 0 Å². The molecule has 126 valence electrons. The molecule has 0 radical (unpaired) electrons. The predicted octanol–water partition coefficient (Wildman–Crippen LogP) is 2.42.